The minimum absolute atomic E-state index is 0.0544. The van der Waals surface area contributed by atoms with Crippen LogP contribution in [0, 0.1) is 6.92 Å². The topological polar surface area (TPSA) is 57.0 Å². The summed E-state index contributed by atoms with van der Waals surface area (Å²) in [6, 6.07) is 6.76. The van der Waals surface area contributed by atoms with Crippen molar-refractivity contribution in [2.45, 2.75) is 38.6 Å². The SMILES string of the molecule is Cc1nc(-c2ccc(C(F)(F)F)cc2)sc1COC(=O)c1ccnn1C1CC1. The molecular formula is C19H16F3N3O2S. The number of aryl methyl sites for hydroxylation is 1. The van der Waals surface area contributed by atoms with Gasteiger partial charge in [-0.1, -0.05) is 12.1 Å². The number of aromatic nitrogens is 3. The molecule has 3 aromatic rings. The van der Waals surface area contributed by atoms with Crippen molar-refractivity contribution < 1.29 is 22.7 Å². The summed E-state index contributed by atoms with van der Waals surface area (Å²) in [6.07, 6.45) is -0.780. The largest absolute Gasteiger partial charge is 0.455 e. The van der Waals surface area contributed by atoms with Crippen LogP contribution in [-0.2, 0) is 17.5 Å². The van der Waals surface area contributed by atoms with E-state index in [1.165, 1.54) is 23.5 Å². The van der Waals surface area contributed by atoms with Crippen molar-refractivity contribution in [3.05, 3.63) is 58.4 Å². The van der Waals surface area contributed by atoms with Gasteiger partial charge >= 0.3 is 12.1 Å². The van der Waals surface area contributed by atoms with Gasteiger partial charge in [0, 0.05) is 11.8 Å². The molecule has 0 N–H and O–H groups in total. The molecule has 0 aliphatic heterocycles. The highest BCUT2D eigenvalue weighted by Crippen LogP contribution is 2.35. The lowest BCUT2D eigenvalue weighted by Gasteiger charge is -2.06. The van der Waals surface area contributed by atoms with Crippen molar-refractivity contribution in [1.29, 1.82) is 0 Å². The minimum Gasteiger partial charge on any atom is -0.455 e. The molecule has 1 aliphatic carbocycles. The number of alkyl halides is 3. The number of carbonyl (C=O) groups excluding carboxylic acids is 1. The zero-order valence-electron chi connectivity index (χ0n) is 14.9. The van der Waals surface area contributed by atoms with E-state index in [9.17, 15) is 18.0 Å². The number of halogens is 3. The fourth-order valence-corrected chi connectivity index (χ4v) is 3.76. The van der Waals surface area contributed by atoms with Gasteiger partial charge in [-0.2, -0.15) is 18.3 Å². The molecule has 5 nitrogen and oxygen atoms in total. The molecule has 2 heterocycles. The van der Waals surface area contributed by atoms with Crippen molar-refractivity contribution in [3.63, 3.8) is 0 Å². The van der Waals surface area contributed by atoms with Crippen LogP contribution in [0.2, 0.25) is 0 Å². The first-order valence-electron chi connectivity index (χ1n) is 8.67. The fraction of sp³-hybridized carbons (Fsp3) is 0.316. The summed E-state index contributed by atoms with van der Waals surface area (Å²) in [5.74, 6) is -0.451. The van der Waals surface area contributed by atoms with Crippen molar-refractivity contribution in [2.24, 2.45) is 0 Å². The molecule has 0 saturated heterocycles. The highest BCUT2D eigenvalue weighted by Gasteiger charge is 2.30. The molecule has 0 spiro atoms. The van der Waals surface area contributed by atoms with E-state index in [1.807, 2.05) is 0 Å². The molecule has 1 aromatic carbocycles. The molecule has 146 valence electrons. The lowest BCUT2D eigenvalue weighted by molar-refractivity contribution is -0.137. The van der Waals surface area contributed by atoms with E-state index in [-0.39, 0.29) is 12.6 Å². The number of ether oxygens (including phenoxy) is 1. The van der Waals surface area contributed by atoms with Crippen LogP contribution in [0.1, 0.15) is 45.5 Å². The Bertz CT molecular complexity index is 1000. The van der Waals surface area contributed by atoms with E-state index in [1.54, 1.807) is 23.9 Å². The number of benzene rings is 1. The third-order valence-corrected chi connectivity index (χ3v) is 5.64. The normalized spacial score (nSPS) is 14.3. The maximum atomic E-state index is 12.7. The summed E-state index contributed by atoms with van der Waals surface area (Å²) < 4.78 is 45.2. The van der Waals surface area contributed by atoms with Crippen LogP contribution in [-0.4, -0.2) is 20.7 Å². The van der Waals surface area contributed by atoms with Gasteiger partial charge in [0.05, 0.1) is 22.2 Å². The molecule has 0 unspecified atom stereocenters. The molecule has 0 bridgehead atoms. The van der Waals surface area contributed by atoms with Gasteiger partial charge in [-0.05, 0) is 38.0 Å². The predicted octanol–water partition coefficient (Wildman–Crippen LogP) is 5.03. The molecule has 0 atom stereocenters. The Morgan fingerprint density at radius 1 is 1.25 bits per heavy atom. The van der Waals surface area contributed by atoms with Crippen LogP contribution in [0.25, 0.3) is 10.6 Å². The first-order chi connectivity index (χ1) is 13.3. The van der Waals surface area contributed by atoms with Gasteiger partial charge in [0.25, 0.3) is 0 Å². The Morgan fingerprint density at radius 2 is 1.96 bits per heavy atom. The van der Waals surface area contributed by atoms with Crippen molar-refractivity contribution >= 4 is 17.3 Å². The van der Waals surface area contributed by atoms with Crippen LogP contribution in [0.4, 0.5) is 13.2 Å². The van der Waals surface area contributed by atoms with E-state index < -0.39 is 17.7 Å². The third-order valence-electron chi connectivity index (χ3n) is 4.46. The van der Waals surface area contributed by atoms with Gasteiger partial charge in [0.1, 0.15) is 17.3 Å². The molecule has 1 saturated carbocycles. The average Bonchev–Trinajstić information content (AvgIpc) is 3.26. The second-order valence-electron chi connectivity index (χ2n) is 6.57. The number of hydrogen-bond donors (Lipinski definition) is 0. The lowest BCUT2D eigenvalue weighted by Crippen LogP contribution is -2.12. The fourth-order valence-electron chi connectivity index (χ4n) is 2.78. The number of thiazole rings is 1. The van der Waals surface area contributed by atoms with Crippen molar-refractivity contribution in [2.75, 3.05) is 0 Å². The summed E-state index contributed by atoms with van der Waals surface area (Å²) in [5.41, 5.74) is 0.993. The second-order valence-corrected chi connectivity index (χ2v) is 7.65. The van der Waals surface area contributed by atoms with Gasteiger partial charge < -0.3 is 4.74 Å². The highest BCUT2D eigenvalue weighted by atomic mass is 32.1. The van der Waals surface area contributed by atoms with Crippen LogP contribution < -0.4 is 0 Å². The van der Waals surface area contributed by atoms with E-state index >= 15 is 0 Å². The summed E-state index contributed by atoms with van der Waals surface area (Å²) in [7, 11) is 0. The molecule has 0 amide bonds. The Balaban J connectivity index is 1.46. The summed E-state index contributed by atoms with van der Waals surface area (Å²) in [4.78, 5) is 17.5. The summed E-state index contributed by atoms with van der Waals surface area (Å²) >= 11 is 1.30. The number of nitrogens with zero attached hydrogens (tertiary/aromatic N) is 3. The summed E-state index contributed by atoms with van der Waals surface area (Å²) in [6.45, 7) is 1.83. The lowest BCUT2D eigenvalue weighted by atomic mass is 10.1. The Hall–Kier alpha value is -2.68. The second kappa shape index (κ2) is 7.05. The number of hydrogen-bond acceptors (Lipinski definition) is 5. The van der Waals surface area contributed by atoms with Crippen LogP contribution >= 0.6 is 11.3 Å². The number of esters is 1. The van der Waals surface area contributed by atoms with Gasteiger partial charge in [0.15, 0.2) is 0 Å². The van der Waals surface area contributed by atoms with Crippen molar-refractivity contribution in [3.8, 4) is 10.6 Å². The van der Waals surface area contributed by atoms with E-state index in [0.29, 0.717) is 22.0 Å². The van der Waals surface area contributed by atoms with E-state index in [0.717, 1.165) is 29.9 Å². The molecule has 0 radical (unpaired) electrons. The van der Waals surface area contributed by atoms with Crippen LogP contribution in [0.3, 0.4) is 0 Å². The van der Waals surface area contributed by atoms with Crippen molar-refractivity contribution in [1.82, 2.24) is 14.8 Å². The highest BCUT2D eigenvalue weighted by molar-refractivity contribution is 7.15. The maximum Gasteiger partial charge on any atom is 0.416 e. The average molecular weight is 407 g/mol. The van der Waals surface area contributed by atoms with E-state index in [4.69, 9.17) is 4.74 Å². The van der Waals surface area contributed by atoms with Crippen LogP contribution in [0.15, 0.2) is 36.5 Å². The molecule has 1 fully saturated rings. The van der Waals surface area contributed by atoms with Crippen LogP contribution in [0.5, 0.6) is 0 Å². The standard InChI is InChI=1S/C19H16F3N3O2S/c1-11-16(10-27-18(26)15-8-9-23-25(15)14-6-7-14)28-17(24-11)12-2-4-13(5-3-12)19(20,21)22/h2-5,8-9,14H,6-7,10H2,1H3. The number of rotatable bonds is 5. The Morgan fingerprint density at radius 3 is 2.61 bits per heavy atom. The zero-order chi connectivity index (χ0) is 19.9. The van der Waals surface area contributed by atoms with Gasteiger partial charge in [0.2, 0.25) is 0 Å². The minimum atomic E-state index is -4.37. The third kappa shape index (κ3) is 3.80. The smallest absolute Gasteiger partial charge is 0.416 e. The van der Waals surface area contributed by atoms with Gasteiger partial charge in [-0.15, -0.1) is 11.3 Å². The molecule has 28 heavy (non-hydrogen) atoms. The zero-order valence-corrected chi connectivity index (χ0v) is 15.7. The van der Waals surface area contributed by atoms with Gasteiger partial charge in [-0.3, -0.25) is 4.68 Å². The first-order valence-corrected chi connectivity index (χ1v) is 9.49. The maximum absolute atomic E-state index is 12.7. The first kappa shape index (κ1) is 18.7. The van der Waals surface area contributed by atoms with Gasteiger partial charge in [-0.25, -0.2) is 9.78 Å². The number of carbonyl (C=O) groups is 1. The summed E-state index contributed by atoms with van der Waals surface area (Å²) in [5, 5.41) is 4.75. The molecular weight excluding hydrogens is 391 g/mol. The Labute approximate surface area is 162 Å². The monoisotopic (exact) mass is 407 g/mol. The molecule has 1 aliphatic rings. The molecule has 4 rings (SSSR count). The van der Waals surface area contributed by atoms with E-state index in [2.05, 4.69) is 10.1 Å². The molecule has 9 heteroatoms. The Kier molecular flexibility index (Phi) is 4.70. The predicted molar refractivity (Wildman–Crippen MR) is 96.9 cm³/mol. The quantitative estimate of drug-likeness (QED) is 0.557. The molecule has 2 aromatic heterocycles.